The summed E-state index contributed by atoms with van der Waals surface area (Å²) in [5.74, 6) is 0. The first-order valence-electron chi connectivity index (χ1n) is 15.1. The van der Waals surface area contributed by atoms with E-state index in [0.717, 1.165) is 6.61 Å². The molecular formula is C28H54N2O2Si. The van der Waals surface area contributed by atoms with Crippen molar-refractivity contribution in [2.24, 2.45) is 0 Å². The summed E-state index contributed by atoms with van der Waals surface area (Å²) in [7, 11) is -2.26. The molecule has 4 aliphatic rings. The van der Waals surface area contributed by atoms with Crippen LogP contribution in [-0.4, -0.2) is 55.3 Å². The Hall–Kier alpha value is 0.0569. The van der Waals surface area contributed by atoms with E-state index in [4.69, 9.17) is 8.85 Å². The first kappa shape index (κ1) is 26.1. The maximum Gasteiger partial charge on any atom is 0.446 e. The Morgan fingerprint density at radius 1 is 0.667 bits per heavy atom. The van der Waals surface area contributed by atoms with E-state index in [1.165, 1.54) is 142 Å². The minimum absolute atomic E-state index is 0.0655. The summed E-state index contributed by atoms with van der Waals surface area (Å²) < 4.78 is 16.7. The molecule has 4 aliphatic heterocycles. The summed E-state index contributed by atoms with van der Waals surface area (Å²) in [5, 5.41) is 0. The van der Waals surface area contributed by atoms with Gasteiger partial charge in [-0.25, -0.2) is 0 Å². The lowest BCUT2D eigenvalue weighted by molar-refractivity contribution is 0.0731. The van der Waals surface area contributed by atoms with Crippen molar-refractivity contribution in [1.29, 1.82) is 0 Å². The fraction of sp³-hybridized carbons (Fsp3) is 1.00. The van der Waals surface area contributed by atoms with E-state index >= 15 is 0 Å². The number of hydrogen-bond donors (Lipinski definition) is 0. The minimum Gasteiger partial charge on any atom is -0.382 e. The van der Waals surface area contributed by atoms with E-state index < -0.39 is 8.72 Å². The monoisotopic (exact) mass is 478 g/mol. The van der Waals surface area contributed by atoms with Crippen molar-refractivity contribution in [3.8, 4) is 0 Å². The average molecular weight is 479 g/mol. The summed E-state index contributed by atoms with van der Waals surface area (Å²) in [4.78, 5) is 2.73. The quantitative estimate of drug-likeness (QED) is 0.310. The van der Waals surface area contributed by atoms with Gasteiger partial charge in [0.05, 0.1) is 11.7 Å². The lowest BCUT2D eigenvalue weighted by Crippen LogP contribution is -2.42. The SMILES string of the molecule is CCO[Si]1(OC2(C)C3CCCCCCCCCCCN32)C2CCCCCCCCCCCN21. The molecule has 0 aliphatic carbocycles. The molecule has 0 radical (unpaired) electrons. The maximum absolute atomic E-state index is 7.31. The molecule has 0 saturated carbocycles. The number of hydrogen-bond acceptors (Lipinski definition) is 4. The zero-order chi connectivity index (χ0) is 23.0. The average Bonchev–Trinajstić information content (AvgIpc) is 3.57. The van der Waals surface area contributed by atoms with Crippen LogP contribution in [0.5, 0.6) is 0 Å². The second-order valence-electron chi connectivity index (χ2n) is 11.6. The molecule has 0 aromatic rings. The molecule has 4 nitrogen and oxygen atoms in total. The Morgan fingerprint density at radius 3 is 1.73 bits per heavy atom. The van der Waals surface area contributed by atoms with Crippen LogP contribution in [0.15, 0.2) is 0 Å². The fourth-order valence-corrected chi connectivity index (χ4v) is 11.3. The highest BCUT2D eigenvalue weighted by molar-refractivity contribution is 6.76. The second kappa shape index (κ2) is 12.8. The van der Waals surface area contributed by atoms with E-state index in [1.807, 2.05) is 0 Å². The molecule has 192 valence electrons. The van der Waals surface area contributed by atoms with Gasteiger partial charge in [0.25, 0.3) is 0 Å². The highest BCUT2D eigenvalue weighted by Crippen LogP contribution is 2.53. The zero-order valence-corrected chi connectivity index (χ0v) is 23.1. The summed E-state index contributed by atoms with van der Waals surface area (Å²) in [6, 6.07) is 0.622. The number of rotatable bonds is 4. The molecule has 0 bridgehead atoms. The molecule has 4 heterocycles. The van der Waals surface area contributed by atoms with Gasteiger partial charge < -0.3 is 8.85 Å². The van der Waals surface area contributed by atoms with Gasteiger partial charge in [-0.1, -0.05) is 103 Å². The molecule has 0 amide bonds. The molecular weight excluding hydrogens is 424 g/mol. The molecule has 5 heteroatoms. The first-order valence-corrected chi connectivity index (χ1v) is 16.9. The van der Waals surface area contributed by atoms with Crippen LogP contribution >= 0.6 is 0 Å². The van der Waals surface area contributed by atoms with Gasteiger partial charge in [-0.2, -0.15) is 0 Å². The first-order chi connectivity index (χ1) is 16.2. The lowest BCUT2D eigenvalue weighted by atomic mass is 10.1. The Morgan fingerprint density at radius 2 is 1.15 bits per heavy atom. The largest absolute Gasteiger partial charge is 0.446 e. The highest BCUT2D eigenvalue weighted by Gasteiger charge is 2.76. The van der Waals surface area contributed by atoms with Crippen LogP contribution in [0, 0.1) is 0 Å². The van der Waals surface area contributed by atoms with Gasteiger partial charge in [0, 0.05) is 13.2 Å². The number of nitrogens with zero attached hydrogens (tertiary/aromatic N) is 2. The predicted octanol–water partition coefficient (Wildman–Crippen LogP) is 7.43. The molecule has 0 aromatic heterocycles. The van der Waals surface area contributed by atoms with E-state index in [-0.39, 0.29) is 5.72 Å². The molecule has 0 N–H and O–H groups in total. The van der Waals surface area contributed by atoms with E-state index in [0.29, 0.717) is 11.7 Å². The van der Waals surface area contributed by atoms with E-state index in [9.17, 15) is 0 Å². The van der Waals surface area contributed by atoms with Crippen molar-refractivity contribution < 1.29 is 8.85 Å². The van der Waals surface area contributed by atoms with Crippen molar-refractivity contribution in [2.45, 2.75) is 160 Å². The molecule has 4 saturated heterocycles. The second-order valence-corrected chi connectivity index (χ2v) is 14.6. The van der Waals surface area contributed by atoms with Crippen molar-refractivity contribution in [2.75, 3.05) is 19.7 Å². The van der Waals surface area contributed by atoms with Crippen molar-refractivity contribution >= 4 is 8.72 Å². The van der Waals surface area contributed by atoms with Gasteiger partial charge in [0.15, 0.2) is 0 Å². The van der Waals surface area contributed by atoms with Gasteiger partial charge in [-0.15, -0.1) is 0 Å². The van der Waals surface area contributed by atoms with Crippen LogP contribution in [0.3, 0.4) is 0 Å². The lowest BCUT2D eigenvalue weighted by Gasteiger charge is -2.23. The minimum atomic E-state index is -2.26. The van der Waals surface area contributed by atoms with Crippen LogP contribution in [0.2, 0.25) is 0 Å². The molecule has 4 fully saturated rings. The summed E-state index contributed by atoms with van der Waals surface area (Å²) in [6.07, 6.45) is 27.9. The van der Waals surface area contributed by atoms with Crippen LogP contribution < -0.4 is 0 Å². The van der Waals surface area contributed by atoms with Gasteiger partial charge in [-0.05, 0) is 46.1 Å². The predicted molar refractivity (Wildman–Crippen MR) is 140 cm³/mol. The van der Waals surface area contributed by atoms with Crippen molar-refractivity contribution in [1.82, 2.24) is 9.47 Å². The standard InChI is InChI=1S/C28H54N2O2Si/c1-3-31-33(27-23-19-15-11-7-5-9-13-17-21-25-30(27)33)32-28(2)26-22-18-14-10-6-4-8-12-16-20-24-29(26)28/h26-27H,3-25H2,1-2H3. The maximum atomic E-state index is 7.31. The Balaban J connectivity index is 1.41. The van der Waals surface area contributed by atoms with Crippen LogP contribution in [0.25, 0.3) is 0 Å². The normalized spacial score (nSPS) is 42.0. The van der Waals surface area contributed by atoms with Gasteiger partial charge in [0.1, 0.15) is 5.72 Å². The summed E-state index contributed by atoms with van der Waals surface area (Å²) >= 11 is 0. The Kier molecular flexibility index (Phi) is 10.2. The third-order valence-corrected chi connectivity index (χ3v) is 13.0. The van der Waals surface area contributed by atoms with Crippen LogP contribution in [-0.2, 0) is 8.85 Å². The molecule has 0 spiro atoms. The van der Waals surface area contributed by atoms with Crippen LogP contribution in [0.1, 0.15) is 142 Å². The Labute approximate surface area is 206 Å². The molecule has 4 rings (SSSR count). The Bertz CT molecular complexity index is 538. The van der Waals surface area contributed by atoms with Gasteiger partial charge in [0.2, 0.25) is 0 Å². The highest BCUT2D eigenvalue weighted by atomic mass is 28.4. The number of fused-ring (bicyclic) bond motifs is 2. The summed E-state index contributed by atoms with van der Waals surface area (Å²) in [5.41, 5.74) is 0.535. The van der Waals surface area contributed by atoms with Crippen molar-refractivity contribution in [3.63, 3.8) is 0 Å². The smallest absolute Gasteiger partial charge is 0.382 e. The van der Waals surface area contributed by atoms with E-state index in [1.54, 1.807) is 0 Å². The zero-order valence-electron chi connectivity index (χ0n) is 22.1. The topological polar surface area (TPSA) is 24.5 Å². The third kappa shape index (κ3) is 6.64. The molecule has 6 unspecified atom stereocenters. The molecule has 6 atom stereocenters. The molecule has 33 heavy (non-hydrogen) atoms. The van der Waals surface area contributed by atoms with Crippen molar-refractivity contribution in [3.05, 3.63) is 0 Å². The third-order valence-electron chi connectivity index (χ3n) is 9.08. The fourth-order valence-electron chi connectivity index (χ4n) is 7.00. The summed E-state index contributed by atoms with van der Waals surface area (Å²) in [6.45, 7) is 7.84. The molecule has 0 aromatic carbocycles. The van der Waals surface area contributed by atoms with Crippen LogP contribution in [0.4, 0.5) is 0 Å². The van der Waals surface area contributed by atoms with Gasteiger partial charge >= 0.3 is 8.72 Å². The van der Waals surface area contributed by atoms with E-state index in [2.05, 4.69) is 23.3 Å². The van der Waals surface area contributed by atoms with Gasteiger partial charge in [-0.3, -0.25) is 9.47 Å².